The minimum absolute atomic E-state index is 0.0217. The minimum atomic E-state index is -1.14. The van der Waals surface area contributed by atoms with Gasteiger partial charge in [-0.25, -0.2) is 18.5 Å². The number of amides is 5. The summed E-state index contributed by atoms with van der Waals surface area (Å²) in [5.41, 5.74) is -0.0217. The molecule has 1 aliphatic heterocycles. The molecule has 5 amide bonds. The number of nitrogens with zero attached hydrogens (tertiary/aromatic N) is 2. The smallest absolute Gasteiger partial charge is 0.324 e. The number of carbonyl (C=O) groups is 4. The molecule has 0 aromatic heterocycles. The van der Waals surface area contributed by atoms with E-state index < -0.39 is 48.0 Å². The van der Waals surface area contributed by atoms with E-state index in [0.29, 0.717) is 16.7 Å². The van der Waals surface area contributed by atoms with Gasteiger partial charge in [-0.1, -0.05) is 6.42 Å². The van der Waals surface area contributed by atoms with Crippen LogP contribution in [0.1, 0.15) is 32.6 Å². The molecule has 2 saturated carbocycles. The summed E-state index contributed by atoms with van der Waals surface area (Å²) in [6.45, 7) is 1.10. The molecule has 0 spiro atoms. The molecule has 9 heteroatoms. The number of halogens is 2. The van der Waals surface area contributed by atoms with Crippen LogP contribution >= 0.6 is 0 Å². The second-order valence-corrected chi connectivity index (χ2v) is 8.11. The lowest BCUT2D eigenvalue weighted by Gasteiger charge is -2.32. The fourth-order valence-corrected chi connectivity index (χ4v) is 5.02. The summed E-state index contributed by atoms with van der Waals surface area (Å²) in [5.74, 6) is -3.73. The topological polar surface area (TPSA) is 86.8 Å². The van der Waals surface area contributed by atoms with E-state index in [9.17, 15) is 28.0 Å². The quantitative estimate of drug-likeness (QED) is 0.603. The summed E-state index contributed by atoms with van der Waals surface area (Å²) < 4.78 is 26.2. The highest BCUT2D eigenvalue weighted by Gasteiger charge is 2.52. The van der Waals surface area contributed by atoms with Crippen LogP contribution in [0.15, 0.2) is 18.2 Å². The standard InChI is InChI=1S/C20H21F2N3O4/c1-10(14-7-11-2-3-12(14)6-11)25-19(28)18(27)24(20(25)29)9-17(26)23-13-4-5-15(21)16(22)8-13/h4-5,8,10-12,14H,2-3,6-7,9H2,1H3,(H,23,26)/t10-,11-,12-,14+/m0/s1. The average Bonchev–Trinajstić information content (AvgIpc) is 3.36. The van der Waals surface area contributed by atoms with Crippen LogP contribution < -0.4 is 5.32 Å². The van der Waals surface area contributed by atoms with Gasteiger partial charge in [0.1, 0.15) is 6.54 Å². The molecule has 4 rings (SSSR count). The van der Waals surface area contributed by atoms with Crippen molar-refractivity contribution in [3.8, 4) is 0 Å². The van der Waals surface area contributed by atoms with Crippen LogP contribution in [0, 0.1) is 29.4 Å². The lowest BCUT2D eigenvalue weighted by molar-refractivity contribution is -0.144. The number of hydrogen-bond donors (Lipinski definition) is 1. The highest BCUT2D eigenvalue weighted by Crippen LogP contribution is 2.50. The molecule has 4 atom stereocenters. The predicted octanol–water partition coefficient (Wildman–Crippen LogP) is 2.52. The van der Waals surface area contributed by atoms with Crippen molar-refractivity contribution >= 4 is 29.4 Å². The van der Waals surface area contributed by atoms with E-state index in [2.05, 4.69) is 5.32 Å². The van der Waals surface area contributed by atoms with Gasteiger partial charge in [0.05, 0.1) is 0 Å². The Morgan fingerprint density at radius 2 is 1.90 bits per heavy atom. The Morgan fingerprint density at radius 1 is 1.14 bits per heavy atom. The van der Waals surface area contributed by atoms with Crippen molar-refractivity contribution in [2.45, 2.75) is 38.6 Å². The van der Waals surface area contributed by atoms with Gasteiger partial charge in [-0.15, -0.1) is 0 Å². The van der Waals surface area contributed by atoms with Crippen molar-refractivity contribution < 1.29 is 28.0 Å². The molecular formula is C20H21F2N3O4. The van der Waals surface area contributed by atoms with Crippen LogP contribution in [0.4, 0.5) is 19.3 Å². The number of rotatable bonds is 5. The Kier molecular flexibility index (Phi) is 4.84. The molecule has 3 fully saturated rings. The highest BCUT2D eigenvalue weighted by atomic mass is 19.2. The molecule has 1 heterocycles. The van der Waals surface area contributed by atoms with Crippen LogP contribution in [0.5, 0.6) is 0 Å². The van der Waals surface area contributed by atoms with E-state index in [1.165, 1.54) is 6.42 Å². The van der Waals surface area contributed by atoms with Gasteiger partial charge in [-0.05, 0) is 56.1 Å². The zero-order chi connectivity index (χ0) is 20.9. The molecule has 29 heavy (non-hydrogen) atoms. The van der Waals surface area contributed by atoms with Crippen LogP contribution in [0.25, 0.3) is 0 Å². The third-order valence-corrected chi connectivity index (χ3v) is 6.41. The summed E-state index contributed by atoms with van der Waals surface area (Å²) in [4.78, 5) is 51.3. The maximum atomic E-state index is 13.3. The second kappa shape index (κ2) is 7.20. The lowest BCUT2D eigenvalue weighted by Crippen LogP contribution is -2.45. The third-order valence-electron chi connectivity index (χ3n) is 6.41. The number of imide groups is 2. The van der Waals surface area contributed by atoms with Crippen molar-refractivity contribution in [3.05, 3.63) is 29.8 Å². The molecule has 1 aromatic carbocycles. The van der Waals surface area contributed by atoms with Gasteiger partial charge in [-0.2, -0.15) is 0 Å². The fourth-order valence-electron chi connectivity index (χ4n) is 5.02. The largest absolute Gasteiger partial charge is 0.334 e. The molecule has 0 radical (unpaired) electrons. The van der Waals surface area contributed by atoms with Crippen molar-refractivity contribution in [2.24, 2.45) is 17.8 Å². The number of anilines is 1. The first-order chi connectivity index (χ1) is 13.8. The Morgan fingerprint density at radius 3 is 2.52 bits per heavy atom. The molecule has 1 saturated heterocycles. The molecule has 0 unspecified atom stereocenters. The molecule has 2 bridgehead atoms. The van der Waals surface area contributed by atoms with Crippen molar-refractivity contribution in [3.63, 3.8) is 0 Å². The van der Waals surface area contributed by atoms with Gasteiger partial charge in [0.15, 0.2) is 11.6 Å². The summed E-state index contributed by atoms with van der Waals surface area (Å²) in [6.07, 6.45) is 4.28. The van der Waals surface area contributed by atoms with Crippen molar-refractivity contribution in [1.82, 2.24) is 9.80 Å². The summed E-state index contributed by atoms with van der Waals surface area (Å²) in [6, 6.07) is 1.57. The van der Waals surface area contributed by atoms with Crippen LogP contribution in [0.2, 0.25) is 0 Å². The predicted molar refractivity (Wildman–Crippen MR) is 97.3 cm³/mol. The number of carbonyl (C=O) groups excluding carboxylic acids is 4. The Balaban J connectivity index is 1.43. The molecule has 154 valence electrons. The maximum Gasteiger partial charge on any atom is 0.334 e. The average molecular weight is 405 g/mol. The second-order valence-electron chi connectivity index (χ2n) is 8.11. The van der Waals surface area contributed by atoms with Crippen LogP contribution in [0.3, 0.4) is 0 Å². The van der Waals surface area contributed by atoms with Crippen molar-refractivity contribution in [1.29, 1.82) is 0 Å². The SMILES string of the molecule is C[C@@H]([C@H]1C[C@H]2CC[C@H]1C2)N1C(=O)C(=O)N(CC(=O)Nc2ccc(F)c(F)c2)C1=O. The van der Waals surface area contributed by atoms with Gasteiger partial charge >= 0.3 is 17.8 Å². The van der Waals surface area contributed by atoms with Crippen LogP contribution in [-0.4, -0.2) is 46.1 Å². The van der Waals surface area contributed by atoms with Crippen LogP contribution in [-0.2, 0) is 14.4 Å². The number of benzene rings is 1. The van der Waals surface area contributed by atoms with Gasteiger partial charge in [0.2, 0.25) is 5.91 Å². The number of fused-ring (bicyclic) bond motifs is 2. The van der Waals surface area contributed by atoms with Gasteiger partial charge in [0, 0.05) is 17.8 Å². The molecule has 1 N–H and O–H groups in total. The Labute approximate surface area is 166 Å². The lowest BCUT2D eigenvalue weighted by atomic mass is 9.83. The number of urea groups is 1. The molecular weight excluding hydrogens is 384 g/mol. The van der Waals surface area contributed by atoms with E-state index >= 15 is 0 Å². The third kappa shape index (κ3) is 3.38. The highest BCUT2D eigenvalue weighted by molar-refractivity contribution is 6.45. The Hall–Kier alpha value is -2.84. The first kappa shape index (κ1) is 19.5. The monoisotopic (exact) mass is 405 g/mol. The normalized spacial score (nSPS) is 27.1. The van der Waals surface area contributed by atoms with E-state index in [1.807, 2.05) is 0 Å². The van der Waals surface area contributed by atoms with Gasteiger partial charge < -0.3 is 5.32 Å². The Bertz CT molecular complexity index is 906. The van der Waals surface area contributed by atoms with Crippen molar-refractivity contribution in [2.75, 3.05) is 11.9 Å². The summed E-state index contributed by atoms with van der Waals surface area (Å²) in [5, 5.41) is 2.29. The first-order valence-electron chi connectivity index (χ1n) is 9.70. The summed E-state index contributed by atoms with van der Waals surface area (Å²) in [7, 11) is 0. The van der Waals surface area contributed by atoms with Gasteiger partial charge in [-0.3, -0.25) is 19.3 Å². The van der Waals surface area contributed by atoms with Gasteiger partial charge in [0.25, 0.3) is 0 Å². The summed E-state index contributed by atoms with van der Waals surface area (Å²) >= 11 is 0. The number of hydrogen-bond acceptors (Lipinski definition) is 4. The zero-order valence-electron chi connectivity index (χ0n) is 15.9. The molecule has 1 aromatic rings. The number of nitrogens with one attached hydrogen (secondary N) is 1. The van der Waals surface area contributed by atoms with E-state index in [0.717, 1.165) is 42.4 Å². The molecule has 2 aliphatic carbocycles. The van der Waals surface area contributed by atoms with E-state index in [1.54, 1.807) is 6.92 Å². The maximum absolute atomic E-state index is 13.3. The fraction of sp³-hybridized carbons (Fsp3) is 0.500. The molecule has 7 nitrogen and oxygen atoms in total. The first-order valence-corrected chi connectivity index (χ1v) is 9.70. The molecule has 3 aliphatic rings. The zero-order valence-corrected chi connectivity index (χ0v) is 15.9. The minimum Gasteiger partial charge on any atom is -0.324 e. The van der Waals surface area contributed by atoms with E-state index in [4.69, 9.17) is 0 Å². The van der Waals surface area contributed by atoms with E-state index in [-0.39, 0.29) is 11.6 Å².